The van der Waals surface area contributed by atoms with Crippen LogP contribution in [0.5, 0.6) is 0 Å². The van der Waals surface area contributed by atoms with Gasteiger partial charge in [0, 0.05) is 42.8 Å². The lowest BCUT2D eigenvalue weighted by molar-refractivity contribution is -0.384. The lowest BCUT2D eigenvalue weighted by Crippen LogP contribution is -2.37. The molecule has 0 bridgehead atoms. The Kier molecular flexibility index (Phi) is 6.52. The number of hydrogen-bond acceptors (Lipinski definition) is 9. The van der Waals surface area contributed by atoms with Gasteiger partial charge in [-0.25, -0.2) is 4.98 Å². The minimum absolute atomic E-state index is 0.0373. The highest BCUT2D eigenvalue weighted by Crippen LogP contribution is 2.30. The summed E-state index contributed by atoms with van der Waals surface area (Å²) in [6.07, 6.45) is 3.33. The first kappa shape index (κ1) is 23.3. The second-order valence-electron chi connectivity index (χ2n) is 7.91. The smallest absolute Gasteiger partial charge is 0.293 e. The van der Waals surface area contributed by atoms with Gasteiger partial charge in [-0.1, -0.05) is 0 Å². The SMILES string of the molecule is O=C(NC(=S)Nc1ccc2oc(-c3cccnc3)nc2c1)c1ccc(N2CCOCC2)c([N+](=O)[O-])c1. The van der Waals surface area contributed by atoms with Crippen LogP contribution in [0.4, 0.5) is 17.1 Å². The van der Waals surface area contributed by atoms with Crippen molar-refractivity contribution < 1.29 is 18.9 Å². The van der Waals surface area contributed by atoms with Gasteiger partial charge in [0.25, 0.3) is 11.6 Å². The van der Waals surface area contributed by atoms with Gasteiger partial charge in [0.15, 0.2) is 10.7 Å². The number of ether oxygens (including phenoxy) is 1. The quantitative estimate of drug-likeness (QED) is 0.235. The molecule has 1 aliphatic rings. The van der Waals surface area contributed by atoms with Crippen molar-refractivity contribution in [3.05, 3.63) is 76.6 Å². The summed E-state index contributed by atoms with van der Waals surface area (Å²) < 4.78 is 11.1. The first-order valence-corrected chi connectivity index (χ1v) is 11.4. The predicted octanol–water partition coefficient (Wildman–Crippen LogP) is 3.76. The van der Waals surface area contributed by atoms with Crippen molar-refractivity contribution >= 4 is 51.4 Å². The summed E-state index contributed by atoms with van der Waals surface area (Å²) in [6.45, 7) is 2.06. The van der Waals surface area contributed by atoms with Gasteiger partial charge in [-0.3, -0.25) is 25.2 Å². The number of nitro groups is 1. The van der Waals surface area contributed by atoms with Crippen molar-refractivity contribution in [3.8, 4) is 11.5 Å². The second-order valence-corrected chi connectivity index (χ2v) is 8.32. The Morgan fingerprint density at radius 3 is 2.72 bits per heavy atom. The molecule has 182 valence electrons. The lowest BCUT2D eigenvalue weighted by atomic mass is 10.1. The van der Waals surface area contributed by atoms with Crippen molar-refractivity contribution in [2.45, 2.75) is 0 Å². The summed E-state index contributed by atoms with van der Waals surface area (Å²) >= 11 is 5.28. The predicted molar refractivity (Wildman–Crippen MR) is 137 cm³/mol. The summed E-state index contributed by atoms with van der Waals surface area (Å²) in [6, 6.07) is 13.2. The number of pyridine rings is 1. The molecule has 0 aliphatic carbocycles. The number of benzene rings is 2. The lowest BCUT2D eigenvalue weighted by Gasteiger charge is -2.28. The number of nitrogens with zero attached hydrogens (tertiary/aromatic N) is 4. The van der Waals surface area contributed by atoms with E-state index < -0.39 is 10.8 Å². The molecule has 11 nitrogen and oxygen atoms in total. The normalized spacial score (nSPS) is 13.4. The summed E-state index contributed by atoms with van der Waals surface area (Å²) in [5.41, 5.74) is 2.95. The number of oxazole rings is 1. The Hall–Kier alpha value is -4.42. The van der Waals surface area contributed by atoms with Gasteiger partial charge in [-0.2, -0.15) is 0 Å². The van der Waals surface area contributed by atoms with E-state index in [2.05, 4.69) is 20.6 Å². The summed E-state index contributed by atoms with van der Waals surface area (Å²) in [7, 11) is 0. The maximum atomic E-state index is 12.8. The third kappa shape index (κ3) is 4.99. The summed E-state index contributed by atoms with van der Waals surface area (Å²) in [5, 5.41) is 17.2. The minimum atomic E-state index is -0.564. The highest BCUT2D eigenvalue weighted by Gasteiger charge is 2.23. The van der Waals surface area contributed by atoms with Crippen LogP contribution in [0, 0.1) is 10.1 Å². The molecule has 5 rings (SSSR count). The number of nitrogens with one attached hydrogen (secondary N) is 2. The maximum absolute atomic E-state index is 12.8. The molecule has 1 saturated heterocycles. The van der Waals surface area contributed by atoms with Crippen LogP contribution in [-0.4, -0.2) is 52.2 Å². The standard InChI is InChI=1S/C24H20N6O5S/c31-22(15-3-5-19(20(12-15)30(32)33)29-8-10-34-11-9-29)28-24(36)26-17-4-6-21-18(13-17)27-23(35-21)16-2-1-7-25-14-16/h1-7,12-14H,8-11H2,(H2,26,28,31,36). The largest absolute Gasteiger partial charge is 0.436 e. The molecule has 1 fully saturated rings. The number of rotatable bonds is 5. The van der Waals surface area contributed by atoms with E-state index in [9.17, 15) is 14.9 Å². The number of carbonyl (C=O) groups excluding carboxylic acids is 1. The Morgan fingerprint density at radius 2 is 1.97 bits per heavy atom. The molecule has 2 N–H and O–H groups in total. The van der Waals surface area contributed by atoms with Gasteiger partial charge >= 0.3 is 0 Å². The fraction of sp³-hybridized carbons (Fsp3) is 0.167. The second kappa shape index (κ2) is 10.1. The molecule has 0 atom stereocenters. The Bertz CT molecular complexity index is 1450. The number of carbonyl (C=O) groups is 1. The van der Waals surface area contributed by atoms with Crippen LogP contribution >= 0.6 is 12.2 Å². The van der Waals surface area contributed by atoms with Crippen LogP contribution in [0.25, 0.3) is 22.6 Å². The summed E-state index contributed by atoms with van der Waals surface area (Å²) in [5.74, 6) is -0.126. The number of hydrogen-bond donors (Lipinski definition) is 2. The molecular formula is C24H20N6O5S. The van der Waals surface area contributed by atoms with E-state index in [-0.39, 0.29) is 16.4 Å². The van der Waals surface area contributed by atoms with Crippen molar-refractivity contribution in [3.63, 3.8) is 0 Å². The molecule has 0 saturated carbocycles. The van der Waals surface area contributed by atoms with E-state index >= 15 is 0 Å². The Morgan fingerprint density at radius 1 is 1.14 bits per heavy atom. The van der Waals surface area contributed by atoms with Crippen molar-refractivity contribution in [2.75, 3.05) is 36.5 Å². The van der Waals surface area contributed by atoms with E-state index in [4.69, 9.17) is 21.4 Å². The number of morpholine rings is 1. The van der Waals surface area contributed by atoms with Crippen LogP contribution in [-0.2, 0) is 4.74 Å². The van der Waals surface area contributed by atoms with Gasteiger partial charge < -0.3 is 19.4 Å². The van der Waals surface area contributed by atoms with Gasteiger partial charge in [-0.15, -0.1) is 0 Å². The molecule has 1 amide bonds. The van der Waals surface area contributed by atoms with Gasteiger partial charge in [0.1, 0.15) is 11.2 Å². The number of anilines is 2. The van der Waals surface area contributed by atoms with E-state index in [1.807, 2.05) is 11.0 Å². The fourth-order valence-corrected chi connectivity index (χ4v) is 4.05. The molecule has 36 heavy (non-hydrogen) atoms. The van der Waals surface area contributed by atoms with Gasteiger partial charge in [0.2, 0.25) is 5.89 Å². The number of nitro benzene ring substituents is 1. The van der Waals surface area contributed by atoms with Crippen molar-refractivity contribution in [1.82, 2.24) is 15.3 Å². The van der Waals surface area contributed by atoms with Crippen LogP contribution in [0.15, 0.2) is 65.3 Å². The summed E-state index contributed by atoms with van der Waals surface area (Å²) in [4.78, 5) is 34.3. The number of aromatic nitrogens is 2. The molecule has 4 aromatic rings. The van der Waals surface area contributed by atoms with Gasteiger partial charge in [0.05, 0.1) is 23.7 Å². The number of amides is 1. The third-order valence-electron chi connectivity index (χ3n) is 5.57. The molecule has 2 aromatic carbocycles. The average molecular weight is 505 g/mol. The fourth-order valence-electron chi connectivity index (χ4n) is 3.84. The number of fused-ring (bicyclic) bond motifs is 1. The van der Waals surface area contributed by atoms with E-state index in [1.54, 1.807) is 42.7 Å². The monoisotopic (exact) mass is 504 g/mol. The first-order chi connectivity index (χ1) is 17.5. The van der Waals surface area contributed by atoms with Gasteiger partial charge in [-0.05, 0) is 54.7 Å². The average Bonchev–Trinajstić information content (AvgIpc) is 3.33. The zero-order chi connectivity index (χ0) is 25.1. The maximum Gasteiger partial charge on any atom is 0.293 e. The van der Waals surface area contributed by atoms with E-state index in [0.717, 1.165) is 5.56 Å². The van der Waals surface area contributed by atoms with Crippen LogP contribution in [0.3, 0.4) is 0 Å². The highest BCUT2D eigenvalue weighted by molar-refractivity contribution is 7.80. The van der Waals surface area contributed by atoms with E-state index in [1.165, 1.54) is 12.1 Å². The van der Waals surface area contributed by atoms with E-state index in [0.29, 0.717) is 54.7 Å². The highest BCUT2D eigenvalue weighted by atomic mass is 32.1. The number of thiocarbonyl (C=S) groups is 1. The first-order valence-electron chi connectivity index (χ1n) is 11.0. The molecule has 3 heterocycles. The van der Waals surface area contributed by atoms with Crippen LogP contribution in [0.1, 0.15) is 10.4 Å². The molecule has 0 spiro atoms. The van der Waals surface area contributed by atoms with Crippen LogP contribution < -0.4 is 15.5 Å². The third-order valence-corrected chi connectivity index (χ3v) is 5.77. The topological polar surface area (TPSA) is 136 Å². The zero-order valence-corrected chi connectivity index (χ0v) is 19.7. The Labute approximate surface area is 210 Å². The molecule has 1 aliphatic heterocycles. The Balaban J connectivity index is 1.28. The molecule has 2 aromatic heterocycles. The zero-order valence-electron chi connectivity index (χ0n) is 18.8. The molecular weight excluding hydrogens is 484 g/mol. The van der Waals surface area contributed by atoms with Crippen molar-refractivity contribution in [2.24, 2.45) is 0 Å². The molecule has 12 heteroatoms. The van der Waals surface area contributed by atoms with Crippen LogP contribution in [0.2, 0.25) is 0 Å². The van der Waals surface area contributed by atoms with Crippen molar-refractivity contribution in [1.29, 1.82) is 0 Å². The molecule has 0 radical (unpaired) electrons. The minimum Gasteiger partial charge on any atom is -0.436 e. The molecule has 0 unspecified atom stereocenters.